The lowest BCUT2D eigenvalue weighted by Crippen LogP contribution is -2.05. The van der Waals surface area contributed by atoms with Crippen LogP contribution >= 0.6 is 22.7 Å². The zero-order chi connectivity index (χ0) is 24.2. The van der Waals surface area contributed by atoms with E-state index in [2.05, 4.69) is 49.0 Å². The van der Waals surface area contributed by atoms with Gasteiger partial charge in [0.2, 0.25) is 0 Å². The minimum atomic E-state index is 0.977. The summed E-state index contributed by atoms with van der Waals surface area (Å²) in [6.07, 6.45) is 0. The number of hydrogen-bond acceptors (Lipinski definition) is 6. The predicted octanol–water partition coefficient (Wildman–Crippen LogP) is 7.77. The molecule has 174 valence electrons. The Hall–Kier alpha value is -4.00. The van der Waals surface area contributed by atoms with Crippen LogP contribution in [0.25, 0.3) is 41.7 Å². The number of thiophene rings is 2. The van der Waals surface area contributed by atoms with Crippen molar-refractivity contribution in [3.63, 3.8) is 0 Å². The second-order valence-electron chi connectivity index (χ2n) is 9.02. The normalized spacial score (nSPS) is 13.1. The molecule has 0 saturated carbocycles. The number of nitrogens with one attached hydrogen (secondary N) is 2. The summed E-state index contributed by atoms with van der Waals surface area (Å²) in [5, 5.41) is 19.0. The smallest absolute Gasteiger partial charge is 0.0999 e. The van der Waals surface area contributed by atoms with Gasteiger partial charge in [-0.1, -0.05) is 36.4 Å². The van der Waals surface area contributed by atoms with Gasteiger partial charge < -0.3 is 0 Å². The largest absolute Gasteiger partial charge is 0.278 e. The molecule has 2 heterocycles. The third kappa shape index (κ3) is 3.41. The summed E-state index contributed by atoms with van der Waals surface area (Å²) in [4.78, 5) is 2.57. The van der Waals surface area contributed by atoms with Crippen molar-refractivity contribution in [1.82, 2.24) is 0 Å². The number of benzene rings is 3. The first kappa shape index (κ1) is 21.3. The molecule has 0 saturated heterocycles. The van der Waals surface area contributed by atoms with E-state index in [0.717, 1.165) is 22.1 Å². The first-order chi connectivity index (χ1) is 17.7. The van der Waals surface area contributed by atoms with Crippen LogP contribution in [0.2, 0.25) is 0 Å². The molecule has 0 aliphatic carbocycles. The van der Waals surface area contributed by atoms with Gasteiger partial charge in [-0.3, -0.25) is 10.9 Å². The molecule has 7 aromatic rings. The first-order valence-corrected chi connectivity index (χ1v) is 13.5. The van der Waals surface area contributed by atoms with Crippen molar-refractivity contribution < 1.29 is 0 Å². The van der Waals surface area contributed by atoms with Crippen molar-refractivity contribution in [3.8, 4) is 0 Å². The fourth-order valence-corrected chi connectivity index (χ4v) is 7.03. The summed E-state index contributed by atoms with van der Waals surface area (Å²) in [7, 11) is 0. The standard InChI is InChI=1S/C30H22N4S2/c1-17-13-25-27(33-31-19-9-5-3-6-10-19)21-16-24-22(15-23(21)29(25)35-17)28(26-14-18(2)36-30(24)26)34-32-20-11-7-4-8-12-20/h3-16,31-32H,1-2H3/b33-27+,34-28+. The summed E-state index contributed by atoms with van der Waals surface area (Å²) in [5.41, 5.74) is 8.51. The van der Waals surface area contributed by atoms with Crippen molar-refractivity contribution in [1.29, 1.82) is 0 Å². The summed E-state index contributed by atoms with van der Waals surface area (Å²) in [5.74, 6) is 0. The molecule has 0 fully saturated rings. The zero-order valence-corrected chi connectivity index (χ0v) is 21.4. The maximum absolute atomic E-state index is 4.91. The van der Waals surface area contributed by atoms with Crippen LogP contribution in [0.4, 0.5) is 11.4 Å². The van der Waals surface area contributed by atoms with Gasteiger partial charge in [-0.05, 0) is 62.4 Å². The molecule has 2 N–H and O–H groups in total. The molecule has 4 nitrogen and oxygen atoms in total. The lowest BCUT2D eigenvalue weighted by molar-refractivity contribution is 1.25. The fraction of sp³-hybridized carbons (Fsp3) is 0.0667. The maximum atomic E-state index is 4.91. The van der Waals surface area contributed by atoms with E-state index >= 15 is 0 Å². The van der Waals surface area contributed by atoms with Gasteiger partial charge in [-0.15, -0.1) is 22.7 Å². The predicted molar refractivity (Wildman–Crippen MR) is 155 cm³/mol. The molecule has 7 rings (SSSR count). The Morgan fingerprint density at radius 1 is 0.500 bits per heavy atom. The van der Waals surface area contributed by atoms with E-state index in [9.17, 15) is 0 Å². The Balaban J connectivity index is 1.52. The molecule has 0 aliphatic rings. The molecule has 36 heavy (non-hydrogen) atoms. The van der Waals surface area contributed by atoms with Crippen LogP contribution in [0.3, 0.4) is 0 Å². The lowest BCUT2D eigenvalue weighted by atomic mass is 10.1. The molecule has 2 aromatic heterocycles. The Kier molecular flexibility index (Phi) is 4.91. The van der Waals surface area contributed by atoms with E-state index < -0.39 is 0 Å². The molecule has 6 heteroatoms. The van der Waals surface area contributed by atoms with Gasteiger partial charge in [0.15, 0.2) is 0 Å². The molecular weight excluding hydrogens is 480 g/mol. The van der Waals surface area contributed by atoms with Gasteiger partial charge in [-0.2, -0.15) is 10.2 Å². The molecule has 0 bridgehead atoms. The third-order valence-corrected chi connectivity index (χ3v) is 8.69. The van der Waals surface area contributed by atoms with Crippen LogP contribution in [0.5, 0.6) is 0 Å². The van der Waals surface area contributed by atoms with E-state index in [1.165, 1.54) is 51.5 Å². The van der Waals surface area contributed by atoms with Gasteiger partial charge in [0, 0.05) is 51.5 Å². The minimum Gasteiger partial charge on any atom is -0.278 e. The Morgan fingerprint density at radius 2 is 0.917 bits per heavy atom. The SMILES string of the molecule is Cc1cc2/c(=N/Nc3ccccc3)c3cc4c(cc3c2s1)/c(=N\Nc1ccccc1)c1cc(C)sc14. The lowest BCUT2D eigenvalue weighted by Gasteiger charge is -2.00. The number of rotatable bonds is 4. The number of para-hydroxylation sites is 2. The molecule has 0 spiro atoms. The highest BCUT2D eigenvalue weighted by atomic mass is 32.1. The van der Waals surface area contributed by atoms with E-state index in [1.807, 2.05) is 83.3 Å². The molecule has 0 unspecified atom stereocenters. The van der Waals surface area contributed by atoms with Crippen molar-refractivity contribution >= 4 is 75.8 Å². The topological polar surface area (TPSA) is 48.8 Å². The first-order valence-electron chi connectivity index (χ1n) is 11.8. The third-order valence-electron chi connectivity index (χ3n) is 6.52. The second kappa shape index (κ2) is 8.29. The van der Waals surface area contributed by atoms with E-state index in [-0.39, 0.29) is 0 Å². The van der Waals surface area contributed by atoms with E-state index in [4.69, 9.17) is 10.2 Å². The summed E-state index contributed by atoms with van der Waals surface area (Å²) in [6.45, 7) is 4.32. The summed E-state index contributed by atoms with van der Waals surface area (Å²) in [6, 6.07) is 29.4. The van der Waals surface area contributed by atoms with Gasteiger partial charge in [0.25, 0.3) is 0 Å². The number of hydrogen-bond donors (Lipinski definition) is 2. The van der Waals surface area contributed by atoms with Crippen LogP contribution < -0.4 is 21.6 Å². The quantitative estimate of drug-likeness (QED) is 0.242. The summed E-state index contributed by atoms with van der Waals surface area (Å²) >= 11 is 3.66. The number of fused-ring (bicyclic) bond motifs is 6. The van der Waals surface area contributed by atoms with Crippen molar-refractivity contribution in [2.45, 2.75) is 13.8 Å². The molecule has 5 aromatic carbocycles. The van der Waals surface area contributed by atoms with Gasteiger partial charge >= 0.3 is 0 Å². The Labute approximate surface area is 215 Å². The zero-order valence-electron chi connectivity index (χ0n) is 19.8. The molecule has 0 atom stereocenters. The maximum Gasteiger partial charge on any atom is 0.0999 e. The summed E-state index contributed by atoms with van der Waals surface area (Å²) < 4.78 is 2.56. The number of aryl methyl sites for hydroxylation is 2. The minimum absolute atomic E-state index is 0.977. The van der Waals surface area contributed by atoms with Crippen molar-refractivity contribution in [2.75, 3.05) is 10.9 Å². The monoisotopic (exact) mass is 502 g/mol. The van der Waals surface area contributed by atoms with Crippen molar-refractivity contribution in [3.05, 3.63) is 105 Å². The highest BCUT2D eigenvalue weighted by molar-refractivity contribution is 7.20. The van der Waals surface area contributed by atoms with E-state index in [1.54, 1.807) is 0 Å². The molecular formula is C30H22N4S2. The van der Waals surface area contributed by atoms with Crippen LogP contribution in [0, 0.1) is 13.8 Å². The van der Waals surface area contributed by atoms with E-state index in [0.29, 0.717) is 0 Å². The second-order valence-corrected chi connectivity index (χ2v) is 11.5. The van der Waals surface area contributed by atoms with Crippen LogP contribution in [0.15, 0.2) is 95.1 Å². The highest BCUT2D eigenvalue weighted by Crippen LogP contribution is 2.38. The molecule has 0 amide bonds. The number of nitrogens with zero attached hydrogens (tertiary/aromatic N) is 2. The van der Waals surface area contributed by atoms with Crippen molar-refractivity contribution in [2.24, 2.45) is 10.2 Å². The van der Waals surface area contributed by atoms with Crippen LogP contribution in [0.1, 0.15) is 9.75 Å². The average Bonchev–Trinajstić information content (AvgIpc) is 3.60. The highest BCUT2D eigenvalue weighted by Gasteiger charge is 2.18. The van der Waals surface area contributed by atoms with Gasteiger partial charge in [-0.25, -0.2) is 0 Å². The van der Waals surface area contributed by atoms with Gasteiger partial charge in [0.05, 0.1) is 22.1 Å². The molecule has 0 radical (unpaired) electrons. The Morgan fingerprint density at radius 3 is 1.33 bits per heavy atom. The molecule has 0 aliphatic heterocycles. The van der Waals surface area contributed by atoms with Gasteiger partial charge in [0.1, 0.15) is 0 Å². The number of anilines is 2. The van der Waals surface area contributed by atoms with Crippen LogP contribution in [-0.2, 0) is 0 Å². The average molecular weight is 503 g/mol. The Bertz CT molecular complexity index is 1860. The fourth-order valence-electron chi connectivity index (χ4n) is 4.94. The van der Waals surface area contributed by atoms with Crippen LogP contribution in [-0.4, -0.2) is 0 Å².